The first-order chi connectivity index (χ1) is 14.5. The maximum absolute atomic E-state index is 13.3. The summed E-state index contributed by atoms with van der Waals surface area (Å²) >= 11 is 3.38. The molecule has 1 N–H and O–H groups in total. The predicted molar refractivity (Wildman–Crippen MR) is 126 cm³/mol. The number of aryl methyl sites for hydroxylation is 1. The summed E-state index contributed by atoms with van der Waals surface area (Å²) in [5.74, 6) is -0.762. The highest BCUT2D eigenvalue weighted by Crippen LogP contribution is 2.20. The molecule has 0 radical (unpaired) electrons. The second-order valence-electron chi connectivity index (χ2n) is 7.32. The van der Waals surface area contributed by atoms with Crippen LogP contribution >= 0.6 is 15.9 Å². The first kappa shape index (κ1) is 24.9. The molecule has 0 saturated carbocycles. The molecule has 0 aliphatic heterocycles. The molecule has 0 aliphatic carbocycles. The molecule has 0 fully saturated rings. The number of amides is 2. The SMILES string of the molecule is CCNC(=O)C(C)N(Cc1ccc(Br)cc1)C(=O)CN(c1ccc(C)cc1)S(C)(=O)=O. The Bertz CT molecular complexity index is 1010. The molecule has 0 bridgehead atoms. The molecule has 1 atom stereocenters. The Morgan fingerprint density at radius 2 is 1.65 bits per heavy atom. The van der Waals surface area contributed by atoms with Crippen molar-refractivity contribution in [1.29, 1.82) is 0 Å². The third-order valence-electron chi connectivity index (χ3n) is 4.79. The van der Waals surface area contributed by atoms with Crippen LogP contribution in [0.15, 0.2) is 53.0 Å². The minimum absolute atomic E-state index is 0.177. The highest BCUT2D eigenvalue weighted by molar-refractivity contribution is 9.10. The molecule has 31 heavy (non-hydrogen) atoms. The average Bonchev–Trinajstić information content (AvgIpc) is 2.71. The number of sulfonamides is 1. The monoisotopic (exact) mass is 509 g/mol. The fraction of sp³-hybridized carbons (Fsp3) is 0.364. The van der Waals surface area contributed by atoms with Gasteiger partial charge in [-0.1, -0.05) is 45.8 Å². The Hall–Kier alpha value is -2.39. The van der Waals surface area contributed by atoms with Gasteiger partial charge in [0.25, 0.3) is 0 Å². The number of benzene rings is 2. The number of likely N-dealkylation sites (N-methyl/N-ethyl adjacent to an activating group) is 1. The molecule has 1 unspecified atom stereocenters. The van der Waals surface area contributed by atoms with E-state index in [0.29, 0.717) is 12.2 Å². The van der Waals surface area contributed by atoms with Gasteiger partial charge in [0.1, 0.15) is 12.6 Å². The molecule has 9 heteroatoms. The molecule has 0 saturated heterocycles. The van der Waals surface area contributed by atoms with Gasteiger partial charge in [0.15, 0.2) is 0 Å². The van der Waals surface area contributed by atoms with Crippen molar-refractivity contribution in [3.8, 4) is 0 Å². The van der Waals surface area contributed by atoms with Crippen molar-refractivity contribution >= 4 is 43.5 Å². The van der Waals surface area contributed by atoms with Gasteiger partial charge in [0.2, 0.25) is 21.8 Å². The van der Waals surface area contributed by atoms with Crippen molar-refractivity contribution in [3.05, 3.63) is 64.1 Å². The first-order valence-electron chi connectivity index (χ1n) is 9.89. The van der Waals surface area contributed by atoms with Crippen molar-refractivity contribution in [1.82, 2.24) is 10.2 Å². The second kappa shape index (κ2) is 10.8. The van der Waals surface area contributed by atoms with Gasteiger partial charge < -0.3 is 10.2 Å². The molecule has 0 spiro atoms. The van der Waals surface area contributed by atoms with Gasteiger partial charge in [-0.25, -0.2) is 8.42 Å². The van der Waals surface area contributed by atoms with Crippen molar-refractivity contribution in [2.24, 2.45) is 0 Å². The van der Waals surface area contributed by atoms with E-state index in [0.717, 1.165) is 26.2 Å². The maximum atomic E-state index is 13.3. The van der Waals surface area contributed by atoms with E-state index in [1.807, 2.05) is 31.2 Å². The van der Waals surface area contributed by atoms with Crippen LogP contribution in [0.4, 0.5) is 5.69 Å². The number of carbonyl (C=O) groups excluding carboxylic acids is 2. The second-order valence-corrected chi connectivity index (χ2v) is 10.1. The van der Waals surface area contributed by atoms with Crippen molar-refractivity contribution in [2.45, 2.75) is 33.4 Å². The third-order valence-corrected chi connectivity index (χ3v) is 6.45. The number of nitrogens with zero attached hydrogens (tertiary/aromatic N) is 2. The van der Waals surface area contributed by atoms with E-state index >= 15 is 0 Å². The lowest BCUT2D eigenvalue weighted by Gasteiger charge is -2.31. The van der Waals surface area contributed by atoms with Crippen molar-refractivity contribution in [3.63, 3.8) is 0 Å². The normalized spacial score (nSPS) is 12.2. The van der Waals surface area contributed by atoms with E-state index in [1.54, 1.807) is 38.1 Å². The van der Waals surface area contributed by atoms with Crippen LogP contribution in [0.1, 0.15) is 25.0 Å². The summed E-state index contributed by atoms with van der Waals surface area (Å²) in [7, 11) is -3.71. The van der Waals surface area contributed by atoms with Gasteiger partial charge in [-0.2, -0.15) is 0 Å². The van der Waals surface area contributed by atoms with Gasteiger partial charge in [-0.05, 0) is 50.6 Å². The molecule has 0 heterocycles. The zero-order valence-electron chi connectivity index (χ0n) is 18.1. The molecule has 0 aromatic heterocycles. The maximum Gasteiger partial charge on any atom is 0.244 e. The first-order valence-corrected chi connectivity index (χ1v) is 12.5. The van der Waals surface area contributed by atoms with Gasteiger partial charge in [0, 0.05) is 17.6 Å². The quantitative estimate of drug-likeness (QED) is 0.562. The Balaban J connectivity index is 2.35. The van der Waals surface area contributed by atoms with Crippen LogP contribution in [-0.2, 0) is 26.2 Å². The topological polar surface area (TPSA) is 86.8 Å². The molecule has 2 aromatic carbocycles. The lowest BCUT2D eigenvalue weighted by molar-refractivity contribution is -0.139. The predicted octanol–water partition coefficient (Wildman–Crippen LogP) is 3.08. The fourth-order valence-electron chi connectivity index (χ4n) is 3.02. The van der Waals surface area contributed by atoms with Crippen LogP contribution in [0, 0.1) is 6.92 Å². The van der Waals surface area contributed by atoms with Gasteiger partial charge in [-0.3, -0.25) is 13.9 Å². The number of carbonyl (C=O) groups is 2. The van der Waals surface area contributed by atoms with Crippen LogP contribution in [0.5, 0.6) is 0 Å². The number of rotatable bonds is 9. The standard InChI is InChI=1S/C22H28BrN3O4S/c1-5-24-22(28)17(3)25(14-18-8-10-19(23)11-9-18)21(27)15-26(31(4,29)30)20-12-6-16(2)7-13-20/h6-13,17H,5,14-15H2,1-4H3,(H,24,28). The van der Waals surface area contributed by atoms with Gasteiger partial charge in [-0.15, -0.1) is 0 Å². The molecule has 2 amide bonds. The van der Waals surface area contributed by atoms with Crippen LogP contribution in [0.25, 0.3) is 0 Å². The summed E-state index contributed by atoms with van der Waals surface area (Å²) in [6, 6.07) is 13.5. The minimum Gasteiger partial charge on any atom is -0.355 e. The van der Waals surface area contributed by atoms with Crippen molar-refractivity contribution in [2.75, 3.05) is 23.7 Å². The van der Waals surface area contributed by atoms with E-state index in [4.69, 9.17) is 0 Å². The van der Waals surface area contributed by atoms with E-state index in [-0.39, 0.29) is 12.5 Å². The van der Waals surface area contributed by atoms with Gasteiger partial charge in [0.05, 0.1) is 11.9 Å². The Labute approximate surface area is 192 Å². The van der Waals surface area contributed by atoms with Crippen molar-refractivity contribution < 1.29 is 18.0 Å². The Morgan fingerprint density at radius 3 is 2.16 bits per heavy atom. The Morgan fingerprint density at radius 1 is 1.06 bits per heavy atom. The zero-order valence-corrected chi connectivity index (χ0v) is 20.5. The van der Waals surface area contributed by atoms with E-state index < -0.39 is 28.5 Å². The van der Waals surface area contributed by atoms with E-state index in [2.05, 4.69) is 21.2 Å². The molecule has 2 aromatic rings. The minimum atomic E-state index is -3.71. The molecule has 2 rings (SSSR count). The highest BCUT2D eigenvalue weighted by atomic mass is 79.9. The number of nitrogens with one attached hydrogen (secondary N) is 1. The summed E-state index contributed by atoms with van der Waals surface area (Å²) in [5, 5.41) is 2.72. The lowest BCUT2D eigenvalue weighted by Crippen LogP contribution is -2.51. The van der Waals surface area contributed by atoms with E-state index in [1.165, 1.54) is 4.90 Å². The highest BCUT2D eigenvalue weighted by Gasteiger charge is 2.29. The average molecular weight is 510 g/mol. The summed E-state index contributed by atoms with van der Waals surface area (Å²) in [6.07, 6.45) is 1.06. The largest absolute Gasteiger partial charge is 0.355 e. The van der Waals surface area contributed by atoms with Crippen LogP contribution in [0.3, 0.4) is 0 Å². The third kappa shape index (κ3) is 7.07. The molecule has 0 aliphatic rings. The lowest BCUT2D eigenvalue weighted by atomic mass is 10.1. The smallest absolute Gasteiger partial charge is 0.244 e. The number of halogens is 1. The van der Waals surface area contributed by atoms with Crippen LogP contribution in [-0.4, -0.2) is 50.5 Å². The summed E-state index contributed by atoms with van der Waals surface area (Å²) in [5.41, 5.74) is 2.20. The molecular weight excluding hydrogens is 482 g/mol. The fourth-order valence-corrected chi connectivity index (χ4v) is 4.13. The van der Waals surface area contributed by atoms with Crippen LogP contribution in [0.2, 0.25) is 0 Å². The molecule has 7 nitrogen and oxygen atoms in total. The summed E-state index contributed by atoms with van der Waals surface area (Å²) < 4.78 is 26.9. The van der Waals surface area contributed by atoms with Crippen LogP contribution < -0.4 is 9.62 Å². The number of anilines is 1. The van der Waals surface area contributed by atoms with E-state index in [9.17, 15) is 18.0 Å². The summed E-state index contributed by atoms with van der Waals surface area (Å²) in [4.78, 5) is 27.2. The number of hydrogen-bond acceptors (Lipinski definition) is 4. The molecular formula is C22H28BrN3O4S. The Kier molecular flexibility index (Phi) is 8.64. The van der Waals surface area contributed by atoms with Gasteiger partial charge >= 0.3 is 0 Å². The molecule has 168 valence electrons. The summed E-state index contributed by atoms with van der Waals surface area (Å²) in [6.45, 7) is 5.54. The number of hydrogen-bond donors (Lipinski definition) is 1. The zero-order chi connectivity index (χ0) is 23.2.